The molecule has 0 radical (unpaired) electrons. The lowest BCUT2D eigenvalue weighted by Gasteiger charge is -2.45. The summed E-state index contributed by atoms with van der Waals surface area (Å²) in [6, 6.07) is 0. The molecule has 3 rings (SSSR count). The molecule has 37 heavy (non-hydrogen) atoms. The summed E-state index contributed by atoms with van der Waals surface area (Å²) in [6.07, 6.45) is 9.65. The fraction of sp³-hybridized carbons (Fsp3) is 0.833. The summed E-state index contributed by atoms with van der Waals surface area (Å²) in [5.41, 5.74) is 1.21. The monoisotopic (exact) mass is 550 g/mol. The molecule has 0 aromatic carbocycles. The van der Waals surface area contributed by atoms with Crippen molar-refractivity contribution in [1.29, 1.82) is 0 Å². The van der Waals surface area contributed by atoms with Crippen molar-refractivity contribution >= 4 is 22.6 Å². The van der Waals surface area contributed by atoms with Gasteiger partial charge in [-0.05, 0) is 66.5 Å². The summed E-state index contributed by atoms with van der Waals surface area (Å²) >= 11 is 0. The molecule has 2 aliphatic carbocycles. The predicted molar refractivity (Wildman–Crippen MR) is 156 cm³/mol. The Balaban J connectivity index is 1.67. The van der Waals surface area contributed by atoms with Crippen molar-refractivity contribution in [3.05, 3.63) is 23.8 Å². The quantitative estimate of drug-likeness (QED) is 0.265. The fourth-order valence-corrected chi connectivity index (χ4v) is 8.24. The van der Waals surface area contributed by atoms with Crippen LogP contribution in [0.4, 0.5) is 0 Å². The SMILES string of the molecule is C[C@H]1C=CC2=C[C@@H](O[Si](C)(C)C(C)(C)C)C[C@H](O)[C@@H]2[C@H]1CC[C@@H]1C[C@H](O[Si](C)(C)C(C)(C)C)CC(=O)O1. The Morgan fingerprint density at radius 2 is 1.57 bits per heavy atom. The summed E-state index contributed by atoms with van der Waals surface area (Å²) in [5, 5.41) is 11.6. The minimum atomic E-state index is -1.95. The van der Waals surface area contributed by atoms with Gasteiger partial charge in [0, 0.05) is 18.8 Å². The fourth-order valence-electron chi connectivity index (χ4n) is 5.60. The van der Waals surface area contributed by atoms with Crippen molar-refractivity contribution < 1.29 is 23.5 Å². The number of carbonyl (C=O) groups excluding carboxylic acids is 1. The summed E-state index contributed by atoms with van der Waals surface area (Å²) < 4.78 is 19.1. The molecule has 7 atom stereocenters. The minimum Gasteiger partial charge on any atom is -0.462 e. The first kappa shape index (κ1) is 30.8. The first-order valence-electron chi connectivity index (χ1n) is 14.4. The molecule has 1 fully saturated rings. The lowest BCUT2D eigenvalue weighted by atomic mass is 9.66. The number of carbonyl (C=O) groups is 1. The zero-order valence-electron chi connectivity index (χ0n) is 25.4. The number of cyclic esters (lactones) is 1. The van der Waals surface area contributed by atoms with Gasteiger partial charge in [0.25, 0.3) is 0 Å². The van der Waals surface area contributed by atoms with E-state index in [0.29, 0.717) is 24.7 Å². The van der Waals surface area contributed by atoms with E-state index in [1.807, 2.05) is 0 Å². The largest absolute Gasteiger partial charge is 0.462 e. The highest BCUT2D eigenvalue weighted by molar-refractivity contribution is 6.74. The highest BCUT2D eigenvalue weighted by Gasteiger charge is 2.45. The van der Waals surface area contributed by atoms with E-state index >= 15 is 0 Å². The molecule has 1 heterocycles. The van der Waals surface area contributed by atoms with Crippen molar-refractivity contribution in [3.8, 4) is 0 Å². The van der Waals surface area contributed by atoms with E-state index in [9.17, 15) is 9.90 Å². The average molecular weight is 551 g/mol. The molecule has 1 saturated heterocycles. The van der Waals surface area contributed by atoms with Crippen molar-refractivity contribution in [3.63, 3.8) is 0 Å². The molecular weight excluding hydrogens is 496 g/mol. The summed E-state index contributed by atoms with van der Waals surface area (Å²) in [7, 11) is -3.88. The van der Waals surface area contributed by atoms with Gasteiger partial charge in [-0.3, -0.25) is 4.79 Å². The van der Waals surface area contributed by atoms with Gasteiger partial charge >= 0.3 is 5.97 Å². The van der Waals surface area contributed by atoms with Crippen molar-refractivity contribution in [2.24, 2.45) is 17.8 Å². The van der Waals surface area contributed by atoms with E-state index < -0.39 is 22.7 Å². The number of aliphatic hydroxyl groups is 1. The number of ether oxygens (including phenoxy) is 1. The number of allylic oxidation sites excluding steroid dienone is 2. The van der Waals surface area contributed by atoms with Crippen LogP contribution in [0.2, 0.25) is 36.3 Å². The zero-order chi connectivity index (χ0) is 28.0. The molecule has 0 amide bonds. The number of hydrogen-bond acceptors (Lipinski definition) is 5. The summed E-state index contributed by atoms with van der Waals surface area (Å²) in [6.45, 7) is 24.8. The molecule has 1 N–H and O–H groups in total. The maximum absolute atomic E-state index is 12.5. The Bertz CT molecular complexity index is 879. The summed E-state index contributed by atoms with van der Waals surface area (Å²) in [4.78, 5) is 12.5. The predicted octanol–water partition coefficient (Wildman–Crippen LogP) is 7.38. The van der Waals surface area contributed by atoms with Crippen LogP contribution in [0.25, 0.3) is 0 Å². The van der Waals surface area contributed by atoms with Gasteiger partial charge in [-0.25, -0.2) is 0 Å². The van der Waals surface area contributed by atoms with E-state index in [1.54, 1.807) is 0 Å². The van der Waals surface area contributed by atoms with Crippen LogP contribution >= 0.6 is 0 Å². The first-order valence-corrected chi connectivity index (χ1v) is 20.3. The van der Waals surface area contributed by atoms with E-state index in [-0.39, 0.29) is 40.3 Å². The first-order chi connectivity index (χ1) is 16.8. The number of hydrogen-bond donors (Lipinski definition) is 1. The van der Waals surface area contributed by atoms with Crippen LogP contribution in [0.5, 0.6) is 0 Å². The minimum absolute atomic E-state index is 0.0339. The zero-order valence-corrected chi connectivity index (χ0v) is 27.4. The maximum atomic E-state index is 12.5. The molecule has 0 saturated carbocycles. The van der Waals surface area contributed by atoms with E-state index in [0.717, 1.165) is 19.3 Å². The third kappa shape index (κ3) is 7.27. The molecule has 0 unspecified atom stereocenters. The molecule has 3 aliphatic rings. The van der Waals surface area contributed by atoms with Gasteiger partial charge in [0.1, 0.15) is 6.10 Å². The second-order valence-corrected chi connectivity index (χ2v) is 24.4. The average Bonchev–Trinajstić information content (AvgIpc) is 2.70. The van der Waals surface area contributed by atoms with Gasteiger partial charge in [0.15, 0.2) is 16.6 Å². The standard InChI is InChI=1S/C30H54O5Si2/c1-20-12-13-21-16-23(34-36(8,9)29(2,3)4)18-26(31)28(21)25(20)15-14-22-17-24(19-27(32)33-22)35-37(10,11)30(5,6)7/h12-13,16,20,22-26,28,31H,14-15,17-19H2,1-11H3/t20-,22+,23+,24-,25-,26-,28-/m0/s1. The maximum Gasteiger partial charge on any atom is 0.308 e. The van der Waals surface area contributed by atoms with E-state index in [4.69, 9.17) is 13.6 Å². The van der Waals surface area contributed by atoms with Gasteiger partial charge < -0.3 is 18.7 Å². The number of esters is 1. The molecule has 0 spiro atoms. The highest BCUT2D eigenvalue weighted by Crippen LogP contribution is 2.45. The van der Waals surface area contributed by atoms with Gasteiger partial charge in [-0.2, -0.15) is 0 Å². The Hall–Kier alpha value is -0.736. The Labute approximate surface area is 228 Å². The van der Waals surface area contributed by atoms with Gasteiger partial charge in [0.05, 0.1) is 24.7 Å². The molecule has 212 valence electrons. The molecule has 7 heteroatoms. The van der Waals surface area contributed by atoms with Crippen molar-refractivity contribution in [1.82, 2.24) is 0 Å². The number of aliphatic hydroxyl groups excluding tert-OH is 1. The van der Waals surface area contributed by atoms with E-state index in [2.05, 4.69) is 92.9 Å². The summed E-state index contributed by atoms with van der Waals surface area (Å²) in [5.74, 6) is 0.659. The lowest BCUT2D eigenvalue weighted by molar-refractivity contribution is -0.160. The smallest absolute Gasteiger partial charge is 0.308 e. The van der Waals surface area contributed by atoms with Crippen LogP contribution in [0.1, 0.15) is 80.6 Å². The van der Waals surface area contributed by atoms with Crippen LogP contribution in [0, 0.1) is 17.8 Å². The van der Waals surface area contributed by atoms with Crippen LogP contribution in [-0.4, -0.2) is 52.1 Å². The third-order valence-corrected chi connectivity index (χ3v) is 19.0. The highest BCUT2D eigenvalue weighted by atomic mass is 28.4. The van der Waals surface area contributed by atoms with Gasteiger partial charge in [-0.15, -0.1) is 0 Å². The lowest BCUT2D eigenvalue weighted by Crippen LogP contribution is -2.48. The molecule has 0 aromatic heterocycles. The van der Waals surface area contributed by atoms with Gasteiger partial charge in [0.2, 0.25) is 0 Å². The van der Waals surface area contributed by atoms with Gasteiger partial charge in [-0.1, -0.05) is 66.7 Å². The number of fused-ring (bicyclic) bond motifs is 1. The second-order valence-electron chi connectivity index (χ2n) is 14.9. The molecule has 1 aliphatic heterocycles. The normalized spacial score (nSPS) is 33.6. The molecule has 5 nitrogen and oxygen atoms in total. The number of rotatable bonds is 7. The molecule has 0 bridgehead atoms. The Morgan fingerprint density at radius 1 is 0.973 bits per heavy atom. The van der Waals surface area contributed by atoms with Crippen LogP contribution in [-0.2, 0) is 18.4 Å². The van der Waals surface area contributed by atoms with Crippen molar-refractivity contribution in [2.75, 3.05) is 0 Å². The van der Waals surface area contributed by atoms with Crippen LogP contribution in [0.3, 0.4) is 0 Å². The van der Waals surface area contributed by atoms with E-state index in [1.165, 1.54) is 5.57 Å². The third-order valence-electron chi connectivity index (χ3n) is 9.94. The Morgan fingerprint density at radius 3 is 2.16 bits per heavy atom. The molecule has 0 aromatic rings. The van der Waals surface area contributed by atoms with Crippen LogP contribution < -0.4 is 0 Å². The topological polar surface area (TPSA) is 65.0 Å². The molecular formula is C30H54O5Si2. The Kier molecular flexibility index (Phi) is 9.18. The van der Waals surface area contributed by atoms with Crippen LogP contribution in [0.15, 0.2) is 23.8 Å². The second kappa shape index (κ2) is 11.0. The van der Waals surface area contributed by atoms with Crippen molar-refractivity contribution in [2.45, 2.75) is 141 Å².